The number of nitrogens with zero attached hydrogens (tertiary/aromatic N) is 2. The Morgan fingerprint density at radius 2 is 1.83 bits per heavy atom. The molecule has 1 heterocycles. The summed E-state index contributed by atoms with van der Waals surface area (Å²) in [5.41, 5.74) is 1.23. The minimum atomic E-state index is -0.180. The number of hydrogen-bond acceptors (Lipinski definition) is 4. The molecule has 7 heteroatoms. The van der Waals surface area contributed by atoms with Gasteiger partial charge in [0, 0.05) is 6.04 Å². The van der Waals surface area contributed by atoms with E-state index in [9.17, 15) is 9.59 Å². The first-order valence-electron chi connectivity index (χ1n) is 9.82. The average Bonchev–Trinajstić information content (AvgIpc) is 2.75. The van der Waals surface area contributed by atoms with Gasteiger partial charge in [0.1, 0.15) is 0 Å². The van der Waals surface area contributed by atoms with Crippen LogP contribution in [0, 0.1) is 0 Å². The van der Waals surface area contributed by atoms with Crippen LogP contribution < -0.4 is 10.9 Å². The van der Waals surface area contributed by atoms with E-state index < -0.39 is 0 Å². The lowest BCUT2D eigenvalue weighted by Crippen LogP contribution is -2.29. The highest BCUT2D eigenvalue weighted by Gasteiger charge is 2.22. The summed E-state index contributed by atoms with van der Waals surface area (Å²) in [5, 5.41) is 4.55. The van der Waals surface area contributed by atoms with Crippen molar-refractivity contribution < 1.29 is 4.79 Å². The fourth-order valence-corrected chi connectivity index (χ4v) is 4.82. The van der Waals surface area contributed by atoms with Crippen LogP contribution in [0.2, 0.25) is 5.02 Å². The number of hydrogen-bond donors (Lipinski definition) is 1. The SMILES string of the molecule is O=C(CSc1nc2ccccc2c(=O)n1C1CCCCC1)Nc1ccccc1Cl. The van der Waals surface area contributed by atoms with Crippen molar-refractivity contribution >= 4 is 45.9 Å². The fourth-order valence-electron chi connectivity index (χ4n) is 3.77. The van der Waals surface area contributed by atoms with Crippen LogP contribution in [-0.4, -0.2) is 21.2 Å². The van der Waals surface area contributed by atoms with Gasteiger partial charge in [0.25, 0.3) is 5.56 Å². The Hall–Kier alpha value is -2.31. The van der Waals surface area contributed by atoms with E-state index in [0.717, 1.165) is 25.7 Å². The molecular formula is C22H22ClN3O2S. The van der Waals surface area contributed by atoms with E-state index in [-0.39, 0.29) is 23.3 Å². The lowest BCUT2D eigenvalue weighted by molar-refractivity contribution is -0.113. The summed E-state index contributed by atoms with van der Waals surface area (Å²) < 4.78 is 1.81. The molecule has 1 aliphatic carbocycles. The maximum absolute atomic E-state index is 13.2. The van der Waals surface area contributed by atoms with Crippen LogP contribution in [0.4, 0.5) is 5.69 Å². The Kier molecular flexibility index (Phi) is 6.21. The molecule has 0 unspecified atom stereocenters. The van der Waals surface area contributed by atoms with Crippen molar-refractivity contribution in [3.63, 3.8) is 0 Å². The second-order valence-electron chi connectivity index (χ2n) is 7.20. The number of halogens is 1. The Bertz CT molecular complexity index is 1090. The van der Waals surface area contributed by atoms with Crippen molar-refractivity contribution in [3.8, 4) is 0 Å². The van der Waals surface area contributed by atoms with Crippen molar-refractivity contribution in [2.24, 2.45) is 0 Å². The first-order valence-corrected chi connectivity index (χ1v) is 11.2. The summed E-state index contributed by atoms with van der Waals surface area (Å²) in [4.78, 5) is 30.4. The van der Waals surface area contributed by atoms with E-state index in [2.05, 4.69) is 5.32 Å². The minimum Gasteiger partial charge on any atom is -0.324 e. The average molecular weight is 428 g/mol. The summed E-state index contributed by atoms with van der Waals surface area (Å²) in [7, 11) is 0. The van der Waals surface area contributed by atoms with Gasteiger partial charge < -0.3 is 5.32 Å². The normalized spacial score (nSPS) is 14.8. The molecule has 1 N–H and O–H groups in total. The number of carbonyl (C=O) groups excluding carboxylic acids is 1. The van der Waals surface area contributed by atoms with Gasteiger partial charge in [-0.25, -0.2) is 4.98 Å². The number of benzene rings is 2. The topological polar surface area (TPSA) is 64.0 Å². The fraction of sp³-hybridized carbons (Fsp3) is 0.318. The molecular weight excluding hydrogens is 406 g/mol. The van der Waals surface area contributed by atoms with Gasteiger partial charge in [0.2, 0.25) is 5.91 Å². The quantitative estimate of drug-likeness (QED) is 0.444. The molecule has 0 atom stereocenters. The van der Waals surface area contributed by atoms with Crippen molar-refractivity contribution in [2.75, 3.05) is 11.1 Å². The lowest BCUT2D eigenvalue weighted by atomic mass is 9.95. The van der Waals surface area contributed by atoms with Gasteiger partial charge in [-0.2, -0.15) is 0 Å². The third-order valence-corrected chi connectivity index (χ3v) is 6.48. The highest BCUT2D eigenvalue weighted by Crippen LogP contribution is 2.31. The lowest BCUT2D eigenvalue weighted by Gasteiger charge is -2.26. The molecule has 5 nitrogen and oxygen atoms in total. The number of para-hydroxylation sites is 2. The standard InChI is InChI=1S/C22H22ClN3O2S/c23-17-11-5-7-13-19(17)24-20(27)14-29-22-25-18-12-6-4-10-16(18)21(28)26(22)15-8-2-1-3-9-15/h4-7,10-13,15H,1-3,8-9,14H2,(H,24,27). The zero-order valence-electron chi connectivity index (χ0n) is 15.9. The zero-order valence-corrected chi connectivity index (χ0v) is 17.5. The van der Waals surface area contributed by atoms with E-state index in [4.69, 9.17) is 16.6 Å². The molecule has 0 aliphatic heterocycles. The Morgan fingerprint density at radius 1 is 1.10 bits per heavy atom. The van der Waals surface area contributed by atoms with Crippen LogP contribution in [0.5, 0.6) is 0 Å². The molecule has 1 aromatic heterocycles. The molecule has 4 rings (SSSR count). The Morgan fingerprint density at radius 3 is 2.62 bits per heavy atom. The number of anilines is 1. The van der Waals surface area contributed by atoms with Gasteiger partial charge >= 0.3 is 0 Å². The van der Waals surface area contributed by atoms with Crippen LogP contribution in [0.15, 0.2) is 58.5 Å². The van der Waals surface area contributed by atoms with Crippen molar-refractivity contribution in [1.29, 1.82) is 0 Å². The van der Waals surface area contributed by atoms with E-state index in [1.165, 1.54) is 18.2 Å². The molecule has 2 aromatic carbocycles. The second kappa shape index (κ2) is 9.01. The molecule has 0 radical (unpaired) electrons. The Labute approximate surface area is 178 Å². The smallest absolute Gasteiger partial charge is 0.262 e. The molecule has 0 spiro atoms. The number of carbonyl (C=O) groups is 1. The van der Waals surface area contributed by atoms with Crippen LogP contribution in [0.3, 0.4) is 0 Å². The molecule has 1 aliphatic rings. The van der Waals surface area contributed by atoms with Crippen molar-refractivity contribution in [3.05, 3.63) is 63.9 Å². The minimum absolute atomic E-state index is 0.0171. The van der Waals surface area contributed by atoms with E-state index >= 15 is 0 Å². The van der Waals surface area contributed by atoms with Gasteiger partial charge in [-0.3, -0.25) is 14.2 Å². The monoisotopic (exact) mass is 427 g/mol. The predicted octanol–water partition coefficient (Wildman–Crippen LogP) is 5.29. The van der Waals surface area contributed by atoms with E-state index in [1.54, 1.807) is 12.1 Å². The molecule has 1 fully saturated rings. The molecule has 1 saturated carbocycles. The largest absolute Gasteiger partial charge is 0.324 e. The zero-order chi connectivity index (χ0) is 20.2. The number of fused-ring (bicyclic) bond motifs is 1. The molecule has 1 amide bonds. The predicted molar refractivity (Wildman–Crippen MR) is 119 cm³/mol. The second-order valence-corrected chi connectivity index (χ2v) is 8.54. The highest BCUT2D eigenvalue weighted by molar-refractivity contribution is 7.99. The molecule has 3 aromatic rings. The summed E-state index contributed by atoms with van der Waals surface area (Å²) in [5.74, 6) is -0.0244. The maximum Gasteiger partial charge on any atom is 0.262 e. The first kappa shape index (κ1) is 20.0. The van der Waals surface area contributed by atoms with E-state index in [1.807, 2.05) is 41.0 Å². The first-order chi connectivity index (χ1) is 14.1. The molecule has 0 bridgehead atoms. The van der Waals surface area contributed by atoms with Gasteiger partial charge in [0.05, 0.1) is 27.4 Å². The summed E-state index contributed by atoms with van der Waals surface area (Å²) in [6.45, 7) is 0. The van der Waals surface area contributed by atoms with Crippen LogP contribution >= 0.6 is 23.4 Å². The van der Waals surface area contributed by atoms with Gasteiger partial charge in [0.15, 0.2) is 5.16 Å². The number of rotatable bonds is 5. The van der Waals surface area contributed by atoms with Gasteiger partial charge in [-0.15, -0.1) is 0 Å². The summed E-state index contributed by atoms with van der Waals surface area (Å²) in [6, 6.07) is 14.7. The molecule has 0 saturated heterocycles. The van der Waals surface area contributed by atoms with Crippen LogP contribution in [-0.2, 0) is 4.79 Å². The number of amides is 1. The number of thioether (sulfide) groups is 1. The third kappa shape index (κ3) is 4.49. The van der Waals surface area contributed by atoms with Gasteiger partial charge in [-0.1, -0.05) is 66.9 Å². The third-order valence-electron chi connectivity index (χ3n) is 5.20. The molecule has 29 heavy (non-hydrogen) atoms. The maximum atomic E-state index is 13.2. The summed E-state index contributed by atoms with van der Waals surface area (Å²) >= 11 is 7.42. The van der Waals surface area contributed by atoms with Crippen LogP contribution in [0.25, 0.3) is 10.9 Å². The summed E-state index contributed by atoms with van der Waals surface area (Å²) in [6.07, 6.45) is 5.37. The number of aromatic nitrogens is 2. The molecule has 150 valence electrons. The van der Waals surface area contributed by atoms with Crippen LogP contribution in [0.1, 0.15) is 38.1 Å². The van der Waals surface area contributed by atoms with E-state index in [0.29, 0.717) is 26.8 Å². The highest BCUT2D eigenvalue weighted by atomic mass is 35.5. The van der Waals surface area contributed by atoms with Crippen molar-refractivity contribution in [1.82, 2.24) is 9.55 Å². The van der Waals surface area contributed by atoms with Gasteiger partial charge in [-0.05, 0) is 37.1 Å². The van der Waals surface area contributed by atoms with Crippen molar-refractivity contribution in [2.45, 2.75) is 43.3 Å². The number of nitrogens with one attached hydrogen (secondary N) is 1. The Balaban J connectivity index is 1.61.